The number of imide groups is 1. The molecule has 2 aliphatic rings. The molecule has 146 valence electrons. The van der Waals surface area contributed by atoms with E-state index in [-0.39, 0.29) is 18.2 Å². The molecule has 1 aromatic carbocycles. The lowest BCUT2D eigenvalue weighted by molar-refractivity contribution is -0.136. The van der Waals surface area contributed by atoms with Crippen LogP contribution in [0.15, 0.2) is 29.8 Å². The summed E-state index contributed by atoms with van der Waals surface area (Å²) in [6.07, 6.45) is 2.38. The number of fused-ring (bicyclic) bond motifs is 1. The van der Waals surface area contributed by atoms with Crippen LogP contribution in [0.2, 0.25) is 0 Å². The lowest BCUT2D eigenvalue weighted by Crippen LogP contribution is -2.52. The molecule has 4 heterocycles. The number of aryl methyl sites for hydroxylation is 1. The quantitative estimate of drug-likeness (QED) is 0.657. The summed E-state index contributed by atoms with van der Waals surface area (Å²) in [6.45, 7) is 2.27. The molecule has 1 unspecified atom stereocenters. The predicted octanol–water partition coefficient (Wildman–Crippen LogP) is 1.46. The van der Waals surface area contributed by atoms with Gasteiger partial charge in [-0.2, -0.15) is 4.37 Å². The molecule has 2 aliphatic heterocycles. The fraction of sp³-hybridized carbons (Fsp3) is 0.263. The number of nitrogens with one attached hydrogen (secondary N) is 1. The maximum Gasteiger partial charge on any atom is 0.255 e. The van der Waals surface area contributed by atoms with Gasteiger partial charge in [0, 0.05) is 29.5 Å². The minimum Gasteiger partial charge on any atom is -0.322 e. The molecule has 1 N–H and O–H groups in total. The van der Waals surface area contributed by atoms with E-state index in [9.17, 15) is 14.4 Å². The second-order valence-corrected chi connectivity index (χ2v) is 7.73. The van der Waals surface area contributed by atoms with Gasteiger partial charge in [-0.15, -0.1) is 5.10 Å². The van der Waals surface area contributed by atoms with E-state index in [1.54, 1.807) is 16.9 Å². The minimum absolute atomic E-state index is 0.213. The minimum atomic E-state index is -0.622. The molecule has 10 heteroatoms. The Hall–Kier alpha value is -3.40. The highest BCUT2D eigenvalue weighted by atomic mass is 32.1. The number of aromatic nitrogens is 4. The van der Waals surface area contributed by atoms with Crippen LogP contribution in [0, 0.1) is 6.92 Å². The van der Waals surface area contributed by atoms with E-state index in [2.05, 4.69) is 20.0 Å². The second kappa shape index (κ2) is 6.59. The summed E-state index contributed by atoms with van der Waals surface area (Å²) in [5, 5.41) is 12.6. The molecule has 0 spiro atoms. The number of carbonyl (C=O) groups is 3. The Morgan fingerprint density at radius 1 is 1.21 bits per heavy atom. The first-order chi connectivity index (χ1) is 14.0. The van der Waals surface area contributed by atoms with Crippen LogP contribution in [0.25, 0.3) is 16.9 Å². The third kappa shape index (κ3) is 2.92. The molecule has 5 rings (SSSR count). The zero-order valence-electron chi connectivity index (χ0n) is 15.5. The normalized spacial score (nSPS) is 18.9. The van der Waals surface area contributed by atoms with Gasteiger partial charge >= 0.3 is 0 Å². The van der Waals surface area contributed by atoms with Crippen LogP contribution in [0.1, 0.15) is 34.5 Å². The van der Waals surface area contributed by atoms with Crippen LogP contribution in [0.3, 0.4) is 0 Å². The van der Waals surface area contributed by atoms with E-state index in [1.807, 2.05) is 24.4 Å². The molecule has 0 radical (unpaired) electrons. The Labute approximate surface area is 169 Å². The molecule has 2 aromatic heterocycles. The Morgan fingerprint density at radius 2 is 2.07 bits per heavy atom. The van der Waals surface area contributed by atoms with Crippen LogP contribution in [0.4, 0.5) is 0 Å². The van der Waals surface area contributed by atoms with Crippen molar-refractivity contribution in [3.63, 3.8) is 0 Å². The van der Waals surface area contributed by atoms with Crippen LogP contribution >= 0.6 is 11.5 Å². The number of amides is 3. The molecule has 0 aliphatic carbocycles. The highest BCUT2D eigenvalue weighted by Gasteiger charge is 2.39. The maximum atomic E-state index is 13.0. The summed E-state index contributed by atoms with van der Waals surface area (Å²) in [5.41, 5.74) is 4.64. The molecule has 0 bridgehead atoms. The van der Waals surface area contributed by atoms with Gasteiger partial charge < -0.3 is 4.90 Å². The second-order valence-electron chi connectivity index (χ2n) is 7.10. The first-order valence-electron chi connectivity index (χ1n) is 9.13. The van der Waals surface area contributed by atoms with Gasteiger partial charge in [-0.1, -0.05) is 11.3 Å². The number of benzene rings is 1. The highest BCUT2D eigenvalue weighted by Crippen LogP contribution is 2.29. The molecule has 0 saturated carbocycles. The fourth-order valence-corrected chi connectivity index (χ4v) is 4.44. The van der Waals surface area contributed by atoms with E-state index in [1.165, 1.54) is 16.4 Å². The van der Waals surface area contributed by atoms with Crippen molar-refractivity contribution in [2.75, 3.05) is 0 Å². The van der Waals surface area contributed by atoms with E-state index in [4.69, 9.17) is 0 Å². The SMILES string of the molecule is Cc1nscc1-c1cn(-c2ccc3c(c2)C(=O)N(C2CCC(=O)NC2=O)C3)nn1. The zero-order valence-corrected chi connectivity index (χ0v) is 16.3. The van der Waals surface area contributed by atoms with Crippen molar-refractivity contribution in [2.45, 2.75) is 32.4 Å². The number of nitrogens with zero attached hydrogens (tertiary/aromatic N) is 5. The molecule has 29 heavy (non-hydrogen) atoms. The fourth-order valence-electron chi connectivity index (χ4n) is 3.74. The van der Waals surface area contributed by atoms with Crippen molar-refractivity contribution in [1.82, 2.24) is 29.6 Å². The highest BCUT2D eigenvalue weighted by molar-refractivity contribution is 7.04. The van der Waals surface area contributed by atoms with Crippen molar-refractivity contribution >= 4 is 29.3 Å². The molecular weight excluding hydrogens is 392 g/mol. The topological polar surface area (TPSA) is 110 Å². The van der Waals surface area contributed by atoms with Gasteiger partial charge in [0.1, 0.15) is 11.7 Å². The average molecular weight is 408 g/mol. The summed E-state index contributed by atoms with van der Waals surface area (Å²) in [6, 6.07) is 4.88. The summed E-state index contributed by atoms with van der Waals surface area (Å²) in [7, 11) is 0. The van der Waals surface area contributed by atoms with E-state index in [0.29, 0.717) is 29.9 Å². The van der Waals surface area contributed by atoms with Gasteiger partial charge in [-0.05, 0) is 42.6 Å². The maximum absolute atomic E-state index is 13.0. The van der Waals surface area contributed by atoms with Crippen molar-refractivity contribution in [3.8, 4) is 16.9 Å². The smallest absolute Gasteiger partial charge is 0.255 e. The first-order valence-corrected chi connectivity index (χ1v) is 9.96. The summed E-state index contributed by atoms with van der Waals surface area (Å²) >= 11 is 1.37. The van der Waals surface area contributed by atoms with Gasteiger partial charge in [0.15, 0.2) is 0 Å². The van der Waals surface area contributed by atoms with Crippen molar-refractivity contribution in [3.05, 3.63) is 46.6 Å². The summed E-state index contributed by atoms with van der Waals surface area (Å²) < 4.78 is 5.88. The number of hydrogen-bond acceptors (Lipinski definition) is 7. The van der Waals surface area contributed by atoms with E-state index in [0.717, 1.165) is 16.8 Å². The third-order valence-corrected chi connectivity index (χ3v) is 6.02. The number of rotatable bonds is 3. The molecule has 3 aromatic rings. The van der Waals surface area contributed by atoms with Crippen molar-refractivity contribution in [1.29, 1.82) is 0 Å². The van der Waals surface area contributed by atoms with E-state index < -0.39 is 11.9 Å². The molecule has 1 atom stereocenters. The predicted molar refractivity (Wildman–Crippen MR) is 103 cm³/mol. The van der Waals surface area contributed by atoms with Gasteiger partial charge in [0.05, 0.1) is 17.6 Å². The van der Waals surface area contributed by atoms with Gasteiger partial charge in [-0.3, -0.25) is 19.7 Å². The Morgan fingerprint density at radius 3 is 2.83 bits per heavy atom. The number of piperidine rings is 1. The zero-order chi connectivity index (χ0) is 20.1. The third-order valence-electron chi connectivity index (χ3n) is 5.30. The van der Waals surface area contributed by atoms with Crippen LogP contribution in [0.5, 0.6) is 0 Å². The van der Waals surface area contributed by atoms with Crippen LogP contribution < -0.4 is 5.32 Å². The summed E-state index contributed by atoms with van der Waals surface area (Å²) in [4.78, 5) is 38.0. The lowest BCUT2D eigenvalue weighted by atomic mass is 10.0. The molecule has 3 amide bonds. The standard InChI is InChI=1S/C19H16N6O3S/c1-10-14(9-29-22-10)15-8-25(23-21-15)12-3-2-11-7-24(19(28)13(11)6-12)16-4-5-17(26)20-18(16)27/h2-3,6,8-9,16H,4-5,7H2,1H3,(H,20,26,27). The molecule has 1 fully saturated rings. The van der Waals surface area contributed by atoms with E-state index >= 15 is 0 Å². The van der Waals surface area contributed by atoms with Crippen LogP contribution in [-0.4, -0.2) is 48.0 Å². The number of hydrogen-bond donors (Lipinski definition) is 1. The van der Waals surface area contributed by atoms with Gasteiger partial charge in [-0.25, -0.2) is 4.68 Å². The lowest BCUT2D eigenvalue weighted by Gasteiger charge is -2.29. The Bertz CT molecular complexity index is 1170. The molecule has 1 saturated heterocycles. The molecular formula is C19H16N6O3S. The van der Waals surface area contributed by atoms with Gasteiger partial charge in [0.2, 0.25) is 11.8 Å². The monoisotopic (exact) mass is 408 g/mol. The average Bonchev–Trinajstić information content (AvgIpc) is 3.41. The molecule has 9 nitrogen and oxygen atoms in total. The van der Waals surface area contributed by atoms with Crippen molar-refractivity contribution in [2.24, 2.45) is 0 Å². The Kier molecular flexibility index (Phi) is 4.02. The summed E-state index contributed by atoms with van der Waals surface area (Å²) in [5.74, 6) is -0.923. The van der Waals surface area contributed by atoms with Gasteiger partial charge in [0.25, 0.3) is 5.91 Å². The largest absolute Gasteiger partial charge is 0.322 e. The number of carbonyl (C=O) groups excluding carboxylic acids is 3. The van der Waals surface area contributed by atoms with Crippen LogP contribution in [-0.2, 0) is 16.1 Å². The first kappa shape index (κ1) is 17.7. The van der Waals surface area contributed by atoms with Crippen molar-refractivity contribution < 1.29 is 14.4 Å². The Balaban J connectivity index is 1.42.